The van der Waals surface area contributed by atoms with Gasteiger partial charge in [-0.1, -0.05) is 11.8 Å². The lowest BCUT2D eigenvalue weighted by atomic mass is 9.78. The Morgan fingerprint density at radius 2 is 1.91 bits per heavy atom. The molecule has 15 heteroatoms. The molecule has 3 heterocycles. The number of fused-ring (bicyclic) bond motifs is 1. The number of anilines is 1. The molecule has 2 aliphatic heterocycles. The largest absolute Gasteiger partial charge is 0.434 e. The predicted molar refractivity (Wildman–Crippen MR) is 106 cm³/mol. The van der Waals surface area contributed by atoms with Gasteiger partial charge in [0.2, 0.25) is 0 Å². The summed E-state index contributed by atoms with van der Waals surface area (Å²) in [6.07, 6.45) is -10.7. The Labute approximate surface area is 191 Å². The number of halogens is 7. The Morgan fingerprint density at radius 1 is 1.18 bits per heavy atom. The Balaban J connectivity index is 1.66. The van der Waals surface area contributed by atoms with Crippen LogP contribution in [0.5, 0.6) is 0 Å². The first-order chi connectivity index (χ1) is 15.8. The van der Waals surface area contributed by atoms with Crippen LogP contribution in [-0.2, 0) is 16.5 Å². The van der Waals surface area contributed by atoms with E-state index in [2.05, 4.69) is 20.3 Å². The number of amidine groups is 1. The van der Waals surface area contributed by atoms with Gasteiger partial charge in [-0.3, -0.25) is 4.79 Å². The van der Waals surface area contributed by atoms with Crippen LogP contribution in [0.3, 0.4) is 0 Å². The van der Waals surface area contributed by atoms with Gasteiger partial charge in [-0.05, 0) is 18.2 Å². The summed E-state index contributed by atoms with van der Waals surface area (Å²) in [5.74, 6) is -3.28. The molecular weight excluding hydrogens is 495 g/mol. The maximum atomic E-state index is 14.9. The molecule has 3 atom stereocenters. The van der Waals surface area contributed by atoms with Crippen molar-refractivity contribution < 1.29 is 40.3 Å². The number of alkyl halides is 6. The third kappa shape index (κ3) is 4.41. The van der Waals surface area contributed by atoms with E-state index in [0.717, 1.165) is 30.0 Å². The van der Waals surface area contributed by atoms with Gasteiger partial charge < -0.3 is 15.8 Å². The maximum Gasteiger partial charge on any atom is 0.434 e. The Bertz CT molecular complexity index is 1140. The average Bonchev–Trinajstić information content (AvgIpc) is 3.14. The van der Waals surface area contributed by atoms with Crippen LogP contribution in [0.1, 0.15) is 21.7 Å². The molecule has 2 aliphatic rings. The third-order valence-corrected chi connectivity index (χ3v) is 6.28. The topological polar surface area (TPSA) is 102 Å². The molecule has 1 fully saturated rings. The van der Waals surface area contributed by atoms with Gasteiger partial charge in [-0.25, -0.2) is 19.4 Å². The SMILES string of the molecule is NC1=N[C@@]2(c3cc(NC(=O)c4cnc(C(F)(F)F)cn4)ccc3F)CO[C@H](C(F)(F)F)[C@H]2CS1. The van der Waals surface area contributed by atoms with Gasteiger partial charge in [0.05, 0.1) is 19.0 Å². The van der Waals surface area contributed by atoms with Crippen molar-refractivity contribution in [3.05, 3.63) is 53.4 Å². The molecule has 3 N–H and O–H groups in total. The third-order valence-electron chi connectivity index (χ3n) is 5.37. The number of aromatic nitrogens is 2. The predicted octanol–water partition coefficient (Wildman–Crippen LogP) is 3.72. The molecular formula is C19H14F7N5O2S. The highest BCUT2D eigenvalue weighted by Gasteiger charge is 2.62. The zero-order valence-corrected chi connectivity index (χ0v) is 17.6. The van der Waals surface area contributed by atoms with Crippen molar-refractivity contribution in [1.82, 2.24) is 9.97 Å². The highest BCUT2D eigenvalue weighted by molar-refractivity contribution is 8.13. The normalized spacial score (nSPS) is 25.0. The summed E-state index contributed by atoms with van der Waals surface area (Å²) in [5, 5.41) is 2.27. The van der Waals surface area contributed by atoms with Gasteiger partial charge in [-0.2, -0.15) is 26.3 Å². The highest BCUT2D eigenvalue weighted by atomic mass is 32.2. The smallest absolute Gasteiger partial charge is 0.379 e. The molecule has 0 aliphatic carbocycles. The highest BCUT2D eigenvalue weighted by Crippen LogP contribution is 2.52. The second-order valence-corrected chi connectivity index (χ2v) is 8.54. The van der Waals surface area contributed by atoms with E-state index in [4.69, 9.17) is 10.5 Å². The van der Waals surface area contributed by atoms with E-state index in [0.29, 0.717) is 12.4 Å². The lowest BCUT2D eigenvalue weighted by Crippen LogP contribution is -2.46. The fourth-order valence-electron chi connectivity index (χ4n) is 3.82. The van der Waals surface area contributed by atoms with Crippen molar-refractivity contribution in [2.45, 2.75) is 24.0 Å². The first-order valence-corrected chi connectivity index (χ1v) is 10.5. The number of ether oxygens (including phenoxy) is 1. The number of aliphatic imine (C=N–C) groups is 1. The molecule has 0 saturated carbocycles. The second kappa shape index (κ2) is 8.37. The van der Waals surface area contributed by atoms with E-state index < -0.39 is 59.6 Å². The van der Waals surface area contributed by atoms with Crippen molar-refractivity contribution in [3.63, 3.8) is 0 Å². The minimum atomic E-state index is -4.75. The Hall–Kier alpha value is -2.94. The van der Waals surface area contributed by atoms with Gasteiger partial charge in [0.1, 0.15) is 17.1 Å². The van der Waals surface area contributed by atoms with Crippen molar-refractivity contribution >= 4 is 28.5 Å². The van der Waals surface area contributed by atoms with Crippen LogP contribution in [0.15, 0.2) is 35.6 Å². The van der Waals surface area contributed by atoms with Crippen molar-refractivity contribution in [3.8, 4) is 0 Å². The lowest BCUT2D eigenvalue weighted by molar-refractivity contribution is -0.215. The molecule has 0 unspecified atom stereocenters. The molecule has 182 valence electrons. The van der Waals surface area contributed by atoms with Crippen LogP contribution >= 0.6 is 11.8 Å². The van der Waals surface area contributed by atoms with Gasteiger partial charge in [0.15, 0.2) is 17.0 Å². The summed E-state index contributed by atoms with van der Waals surface area (Å²) in [7, 11) is 0. The number of nitrogens with zero attached hydrogens (tertiary/aromatic N) is 3. The van der Waals surface area contributed by atoms with Gasteiger partial charge in [-0.15, -0.1) is 0 Å². The molecule has 1 aromatic heterocycles. The van der Waals surface area contributed by atoms with Crippen LogP contribution in [0.2, 0.25) is 0 Å². The quantitative estimate of drug-likeness (QED) is 0.612. The molecule has 0 radical (unpaired) electrons. The van der Waals surface area contributed by atoms with Gasteiger partial charge >= 0.3 is 12.4 Å². The van der Waals surface area contributed by atoms with E-state index in [1.807, 2.05) is 0 Å². The minimum absolute atomic E-state index is 0.0449. The van der Waals surface area contributed by atoms with Crippen LogP contribution in [0.4, 0.5) is 36.4 Å². The molecule has 0 spiro atoms. The first-order valence-electron chi connectivity index (χ1n) is 9.48. The molecule has 1 aromatic carbocycles. The van der Waals surface area contributed by atoms with E-state index >= 15 is 0 Å². The number of carbonyl (C=O) groups is 1. The number of nitrogens with two attached hydrogens (primary N) is 1. The fourth-order valence-corrected chi connectivity index (χ4v) is 4.85. The molecule has 34 heavy (non-hydrogen) atoms. The monoisotopic (exact) mass is 509 g/mol. The van der Waals surface area contributed by atoms with Crippen LogP contribution in [-0.4, -0.2) is 45.7 Å². The Kier molecular flexibility index (Phi) is 5.96. The van der Waals surface area contributed by atoms with Crippen molar-refractivity contribution in [1.29, 1.82) is 0 Å². The molecule has 7 nitrogen and oxygen atoms in total. The summed E-state index contributed by atoms with van der Waals surface area (Å²) in [4.78, 5) is 23.1. The number of hydrogen-bond acceptors (Lipinski definition) is 7. The van der Waals surface area contributed by atoms with E-state index in [1.54, 1.807) is 0 Å². The van der Waals surface area contributed by atoms with Crippen molar-refractivity contribution in [2.75, 3.05) is 17.7 Å². The van der Waals surface area contributed by atoms with E-state index in [1.165, 1.54) is 0 Å². The van der Waals surface area contributed by atoms with Crippen LogP contribution < -0.4 is 11.1 Å². The maximum absolute atomic E-state index is 14.9. The number of hydrogen-bond donors (Lipinski definition) is 2. The summed E-state index contributed by atoms with van der Waals surface area (Å²) in [6.45, 7) is -0.595. The Morgan fingerprint density at radius 3 is 2.53 bits per heavy atom. The summed E-state index contributed by atoms with van der Waals surface area (Å²) < 4.78 is 98.2. The zero-order chi connectivity index (χ0) is 24.9. The van der Waals surface area contributed by atoms with E-state index in [-0.39, 0.29) is 22.2 Å². The fraction of sp³-hybridized carbons (Fsp3) is 0.368. The molecule has 2 aromatic rings. The number of benzene rings is 1. The van der Waals surface area contributed by atoms with Gasteiger partial charge in [0, 0.05) is 22.9 Å². The lowest BCUT2D eigenvalue weighted by Gasteiger charge is -2.36. The number of rotatable bonds is 3. The van der Waals surface area contributed by atoms with Crippen LogP contribution in [0, 0.1) is 11.7 Å². The first kappa shape index (κ1) is 24.2. The van der Waals surface area contributed by atoms with E-state index in [9.17, 15) is 35.5 Å². The van der Waals surface area contributed by atoms with Gasteiger partial charge in [0.25, 0.3) is 5.91 Å². The molecule has 0 bridgehead atoms. The standard InChI is InChI=1S/C19H14F7N5O2S/c20-11-2-1-8(30-15(32)12-4-29-13(5-28-12)18(21,22)23)3-9(11)17-7-33-14(19(24,25)26)10(17)6-34-16(27)31-17/h1-5,10,14H,6-7H2,(H2,27,31)(H,30,32)/t10-,14+,17-/m1/s1. The number of nitrogens with one attached hydrogen (secondary N) is 1. The molecule has 4 rings (SSSR count). The number of thioether (sulfide) groups is 1. The minimum Gasteiger partial charge on any atom is -0.379 e. The molecule has 1 amide bonds. The van der Waals surface area contributed by atoms with Crippen LogP contribution in [0.25, 0.3) is 0 Å². The second-order valence-electron chi connectivity index (χ2n) is 7.50. The summed E-state index contributed by atoms with van der Waals surface area (Å²) >= 11 is 0.889. The number of carbonyl (C=O) groups excluding carboxylic acids is 1. The zero-order valence-electron chi connectivity index (χ0n) is 16.7. The summed E-state index contributed by atoms with van der Waals surface area (Å²) in [6, 6.07) is 3.14. The summed E-state index contributed by atoms with van der Waals surface area (Å²) in [5.41, 5.74) is 1.86. The van der Waals surface area contributed by atoms with Crippen molar-refractivity contribution in [2.24, 2.45) is 16.6 Å². The average molecular weight is 509 g/mol. The number of amides is 1. The molecule has 1 saturated heterocycles.